The Morgan fingerprint density at radius 3 is 2.41 bits per heavy atom. The third-order valence-electron chi connectivity index (χ3n) is 3.29. The summed E-state index contributed by atoms with van der Waals surface area (Å²) in [7, 11) is 0. The Morgan fingerprint density at radius 2 is 1.77 bits per heavy atom. The largest absolute Gasteiger partial charge is 0.321 e. The Morgan fingerprint density at radius 1 is 1.09 bits per heavy atom. The molecule has 0 bridgehead atoms. The summed E-state index contributed by atoms with van der Waals surface area (Å²) in [5, 5.41) is 4.61. The van der Waals surface area contributed by atoms with Crippen molar-refractivity contribution < 1.29 is 4.79 Å². The van der Waals surface area contributed by atoms with Gasteiger partial charge >= 0.3 is 0 Å². The van der Waals surface area contributed by atoms with Crippen molar-refractivity contribution in [2.45, 2.75) is 13.8 Å². The highest BCUT2D eigenvalue weighted by Gasteiger charge is 2.19. The van der Waals surface area contributed by atoms with Crippen molar-refractivity contribution in [3.8, 4) is 0 Å². The van der Waals surface area contributed by atoms with Gasteiger partial charge in [0.2, 0.25) is 0 Å². The lowest BCUT2D eigenvalue weighted by molar-refractivity contribution is 0.103. The molecule has 0 saturated carbocycles. The van der Waals surface area contributed by atoms with Gasteiger partial charge in [0.05, 0.1) is 10.0 Å². The number of halogens is 2. The van der Waals surface area contributed by atoms with E-state index < -0.39 is 0 Å². The van der Waals surface area contributed by atoms with Crippen LogP contribution in [0.4, 0.5) is 5.69 Å². The number of carbonyl (C=O) groups excluding carboxylic acids is 1. The second-order valence-corrected chi connectivity index (χ2v) is 7.03. The normalized spacial score (nSPS) is 10.9. The number of rotatable bonds is 2. The Bertz CT molecular complexity index is 865. The van der Waals surface area contributed by atoms with Gasteiger partial charge in [-0.2, -0.15) is 0 Å². The number of hydrogen-bond donors (Lipinski definition) is 1. The summed E-state index contributed by atoms with van der Waals surface area (Å²) in [4.78, 5) is 13.0. The third kappa shape index (κ3) is 2.84. The van der Waals surface area contributed by atoms with Crippen LogP contribution >= 0.6 is 34.5 Å². The Hall–Kier alpha value is -1.55. The first-order chi connectivity index (χ1) is 10.5. The predicted octanol–water partition coefficient (Wildman–Crippen LogP) is 6.08. The zero-order valence-corrected chi connectivity index (χ0v) is 14.4. The lowest BCUT2D eigenvalue weighted by atomic mass is 10.1. The molecule has 0 aliphatic heterocycles. The minimum atomic E-state index is -0.215. The van der Waals surface area contributed by atoms with E-state index in [1.54, 1.807) is 6.07 Å². The fourth-order valence-corrected chi connectivity index (χ4v) is 4.30. The van der Waals surface area contributed by atoms with Crippen molar-refractivity contribution in [1.82, 2.24) is 0 Å². The molecule has 0 spiro atoms. The van der Waals surface area contributed by atoms with Gasteiger partial charge in [0.25, 0.3) is 5.91 Å². The number of amides is 1. The van der Waals surface area contributed by atoms with E-state index in [-0.39, 0.29) is 5.91 Å². The van der Waals surface area contributed by atoms with Crippen LogP contribution in [0.2, 0.25) is 10.0 Å². The summed E-state index contributed by atoms with van der Waals surface area (Å²) in [6.07, 6.45) is 0. The van der Waals surface area contributed by atoms with E-state index in [2.05, 4.69) is 11.4 Å². The van der Waals surface area contributed by atoms with Crippen molar-refractivity contribution >= 4 is 56.2 Å². The van der Waals surface area contributed by atoms with Gasteiger partial charge in [-0.1, -0.05) is 35.3 Å². The van der Waals surface area contributed by atoms with Crippen LogP contribution in [0, 0.1) is 13.8 Å². The molecule has 1 amide bonds. The number of benzene rings is 2. The van der Waals surface area contributed by atoms with Gasteiger partial charge in [0, 0.05) is 15.8 Å². The van der Waals surface area contributed by atoms with Crippen molar-refractivity contribution in [1.29, 1.82) is 0 Å². The molecule has 0 atom stereocenters. The second kappa shape index (κ2) is 5.92. The van der Waals surface area contributed by atoms with Crippen LogP contribution in [0.25, 0.3) is 10.1 Å². The van der Waals surface area contributed by atoms with E-state index in [0.29, 0.717) is 14.9 Å². The van der Waals surface area contributed by atoms with E-state index in [1.807, 2.05) is 38.1 Å². The molecule has 22 heavy (non-hydrogen) atoms. The van der Waals surface area contributed by atoms with Crippen LogP contribution in [-0.2, 0) is 0 Å². The monoisotopic (exact) mass is 349 g/mol. The lowest BCUT2D eigenvalue weighted by Crippen LogP contribution is -2.10. The average Bonchev–Trinajstić information content (AvgIpc) is 2.76. The van der Waals surface area contributed by atoms with Crippen LogP contribution in [0.15, 0.2) is 36.4 Å². The first kappa shape index (κ1) is 15.3. The fraction of sp³-hybridized carbons (Fsp3) is 0.118. The topological polar surface area (TPSA) is 29.1 Å². The average molecular weight is 350 g/mol. The summed E-state index contributed by atoms with van der Waals surface area (Å²) in [6, 6.07) is 11.4. The second-order valence-electron chi connectivity index (χ2n) is 5.19. The van der Waals surface area contributed by atoms with E-state index in [9.17, 15) is 4.79 Å². The molecule has 1 N–H and O–H groups in total. The Balaban J connectivity index is 1.99. The van der Waals surface area contributed by atoms with Crippen molar-refractivity contribution in [3.05, 3.63) is 62.4 Å². The molecular formula is C17H13Cl2NOS. The molecule has 2 nitrogen and oxygen atoms in total. The molecule has 0 aliphatic carbocycles. The number of aryl methyl sites for hydroxylation is 2. The van der Waals surface area contributed by atoms with Crippen LogP contribution in [-0.4, -0.2) is 5.91 Å². The molecular weight excluding hydrogens is 337 g/mol. The van der Waals surface area contributed by atoms with Crippen molar-refractivity contribution in [3.63, 3.8) is 0 Å². The molecule has 2 aromatic carbocycles. The number of thiophene rings is 1. The fourth-order valence-electron chi connectivity index (χ4n) is 2.45. The maximum Gasteiger partial charge on any atom is 0.267 e. The molecule has 5 heteroatoms. The van der Waals surface area contributed by atoms with E-state index in [4.69, 9.17) is 23.2 Å². The highest BCUT2D eigenvalue weighted by molar-refractivity contribution is 7.21. The van der Waals surface area contributed by atoms with Gasteiger partial charge in [-0.05, 0) is 49.2 Å². The zero-order chi connectivity index (χ0) is 15.9. The molecule has 1 heterocycles. The molecule has 3 rings (SSSR count). The minimum absolute atomic E-state index is 0.215. The van der Waals surface area contributed by atoms with Gasteiger partial charge in [-0.25, -0.2) is 0 Å². The van der Waals surface area contributed by atoms with Gasteiger partial charge in [0.15, 0.2) is 0 Å². The van der Waals surface area contributed by atoms with Crippen LogP contribution in [0.5, 0.6) is 0 Å². The van der Waals surface area contributed by atoms with E-state index in [0.717, 1.165) is 26.9 Å². The number of fused-ring (bicyclic) bond motifs is 1. The summed E-state index contributed by atoms with van der Waals surface area (Å²) >= 11 is 13.9. The standard InChI is InChI=1S/C17H13Cl2NOS/c1-9-6-10(2)8-11(7-9)20-17(21)16-15(19)14-12(18)4-3-5-13(14)22-16/h3-8H,1-2H3,(H,20,21). The highest BCUT2D eigenvalue weighted by Crippen LogP contribution is 2.39. The number of hydrogen-bond acceptors (Lipinski definition) is 2. The number of nitrogens with one attached hydrogen (secondary N) is 1. The van der Waals surface area contributed by atoms with E-state index >= 15 is 0 Å². The number of anilines is 1. The molecule has 0 fully saturated rings. The van der Waals surface area contributed by atoms with Gasteiger partial charge in [0.1, 0.15) is 4.88 Å². The van der Waals surface area contributed by atoms with Crippen molar-refractivity contribution in [2.75, 3.05) is 5.32 Å². The third-order valence-corrected chi connectivity index (χ3v) is 5.25. The SMILES string of the molecule is Cc1cc(C)cc(NC(=O)c2sc3cccc(Cl)c3c2Cl)c1. The predicted molar refractivity (Wildman–Crippen MR) is 95.7 cm³/mol. The van der Waals surface area contributed by atoms with Gasteiger partial charge in [-0.3, -0.25) is 4.79 Å². The van der Waals surface area contributed by atoms with Crippen LogP contribution in [0.1, 0.15) is 20.8 Å². The molecule has 1 aromatic heterocycles. The maximum absolute atomic E-state index is 12.5. The highest BCUT2D eigenvalue weighted by atomic mass is 35.5. The Labute approximate surface area is 142 Å². The zero-order valence-electron chi connectivity index (χ0n) is 12.0. The molecule has 3 aromatic rings. The molecule has 112 valence electrons. The molecule has 0 aliphatic rings. The number of carbonyl (C=O) groups is 1. The van der Waals surface area contributed by atoms with Crippen molar-refractivity contribution in [2.24, 2.45) is 0 Å². The molecule has 0 radical (unpaired) electrons. The lowest BCUT2D eigenvalue weighted by Gasteiger charge is -2.06. The summed E-state index contributed by atoms with van der Waals surface area (Å²) < 4.78 is 0.906. The summed E-state index contributed by atoms with van der Waals surface area (Å²) in [5.74, 6) is -0.215. The maximum atomic E-state index is 12.5. The molecule has 0 saturated heterocycles. The van der Waals surface area contributed by atoms with Gasteiger partial charge in [-0.15, -0.1) is 11.3 Å². The summed E-state index contributed by atoms with van der Waals surface area (Å²) in [6.45, 7) is 3.99. The quantitative estimate of drug-likeness (QED) is 0.596. The molecule has 0 unspecified atom stereocenters. The van der Waals surface area contributed by atoms with E-state index in [1.165, 1.54) is 11.3 Å². The first-order valence-electron chi connectivity index (χ1n) is 6.72. The van der Waals surface area contributed by atoms with Gasteiger partial charge < -0.3 is 5.32 Å². The van der Waals surface area contributed by atoms with Crippen LogP contribution in [0.3, 0.4) is 0 Å². The minimum Gasteiger partial charge on any atom is -0.321 e. The van der Waals surface area contributed by atoms with Crippen LogP contribution < -0.4 is 5.32 Å². The smallest absolute Gasteiger partial charge is 0.267 e. The first-order valence-corrected chi connectivity index (χ1v) is 8.29. The Kier molecular flexibility index (Phi) is 4.13. The summed E-state index contributed by atoms with van der Waals surface area (Å²) in [5.41, 5.74) is 2.96.